The summed E-state index contributed by atoms with van der Waals surface area (Å²) >= 11 is 0. The molecule has 0 aromatic carbocycles. The fraction of sp³-hybridized carbons (Fsp3) is 0.800. The topological polar surface area (TPSA) is 103 Å². The molecule has 8 nitrogen and oxygen atoms in total. The van der Waals surface area contributed by atoms with Crippen LogP contribution in [0.3, 0.4) is 0 Å². The number of ketones is 1. The van der Waals surface area contributed by atoms with Crippen molar-refractivity contribution in [2.45, 2.75) is 39.7 Å². The number of amides is 2. The van der Waals surface area contributed by atoms with Crippen LogP contribution in [-0.4, -0.2) is 62.9 Å². The maximum atomic E-state index is 11.5. The highest BCUT2D eigenvalue weighted by Crippen LogP contribution is 2.06. The molecule has 0 saturated heterocycles. The lowest BCUT2D eigenvalue weighted by Crippen LogP contribution is -2.35. The van der Waals surface area contributed by atoms with Gasteiger partial charge in [-0.25, -0.2) is 4.79 Å². The molecule has 0 unspecified atom stereocenters. The number of carbonyl (C=O) groups excluding carboxylic acids is 3. The number of Topliss-reactive ketones (excluding diaryl/α,β-unsaturated/α-hetero) is 1. The second-order valence-electron chi connectivity index (χ2n) is 5.90. The lowest BCUT2D eigenvalue weighted by molar-refractivity contribution is -0.123. The molecule has 0 aromatic heterocycles. The normalized spacial score (nSPS) is 11.0. The van der Waals surface area contributed by atoms with Crippen LogP contribution < -0.4 is 10.6 Å². The van der Waals surface area contributed by atoms with Gasteiger partial charge in [-0.15, -0.1) is 0 Å². The molecule has 0 fully saturated rings. The molecular formula is C15H28N2O6. The Labute approximate surface area is 137 Å². The minimum absolute atomic E-state index is 0.0303. The third kappa shape index (κ3) is 16.5. The van der Waals surface area contributed by atoms with Gasteiger partial charge in [0.15, 0.2) is 5.78 Å². The first-order valence-electron chi connectivity index (χ1n) is 7.59. The van der Waals surface area contributed by atoms with Gasteiger partial charge in [0.1, 0.15) is 12.2 Å². The highest BCUT2D eigenvalue weighted by Gasteiger charge is 2.15. The third-order valence-corrected chi connectivity index (χ3v) is 2.27. The number of nitrogens with one attached hydrogen (secondary N) is 2. The van der Waals surface area contributed by atoms with Gasteiger partial charge in [0, 0.05) is 19.5 Å². The summed E-state index contributed by atoms with van der Waals surface area (Å²) < 4.78 is 15.3. The lowest BCUT2D eigenvalue weighted by atomic mass is 10.2. The molecular weight excluding hydrogens is 304 g/mol. The number of rotatable bonds is 11. The zero-order chi connectivity index (χ0) is 17.7. The van der Waals surface area contributed by atoms with Gasteiger partial charge in [0.2, 0.25) is 5.91 Å². The van der Waals surface area contributed by atoms with Crippen molar-refractivity contribution in [2.75, 3.05) is 39.5 Å². The second-order valence-corrected chi connectivity index (χ2v) is 5.90. The third-order valence-electron chi connectivity index (χ3n) is 2.27. The number of ether oxygens (including phenoxy) is 3. The van der Waals surface area contributed by atoms with Crippen LogP contribution in [0.1, 0.15) is 34.1 Å². The smallest absolute Gasteiger partial charge is 0.407 e. The number of carbonyl (C=O) groups is 3. The predicted octanol–water partition coefficient (Wildman–Crippen LogP) is 0.640. The number of alkyl carbamates (subject to hydrolysis) is 1. The molecule has 0 aliphatic rings. The van der Waals surface area contributed by atoms with Crippen LogP contribution in [0.15, 0.2) is 0 Å². The highest BCUT2D eigenvalue weighted by atomic mass is 16.6. The fourth-order valence-corrected chi connectivity index (χ4v) is 1.38. The standard InChI is InChI=1S/C15H28N2O6/c1-12(18)11-22-10-9-21-8-7-16-13(19)5-6-17-14(20)23-15(2,3)4/h5-11H2,1-4H3,(H,16,19)(H,17,20). The Morgan fingerprint density at radius 2 is 1.57 bits per heavy atom. The highest BCUT2D eigenvalue weighted by molar-refractivity contribution is 5.77. The summed E-state index contributed by atoms with van der Waals surface area (Å²) in [7, 11) is 0. The average Bonchev–Trinajstić information content (AvgIpc) is 2.39. The molecule has 2 amide bonds. The summed E-state index contributed by atoms with van der Waals surface area (Å²) in [6, 6.07) is 0. The summed E-state index contributed by atoms with van der Waals surface area (Å²) in [4.78, 5) is 33.5. The maximum absolute atomic E-state index is 11.5. The van der Waals surface area contributed by atoms with Crippen LogP contribution in [0.4, 0.5) is 4.79 Å². The van der Waals surface area contributed by atoms with E-state index in [2.05, 4.69) is 10.6 Å². The molecule has 2 N–H and O–H groups in total. The summed E-state index contributed by atoms with van der Waals surface area (Å²) in [6.07, 6.45) is -0.375. The van der Waals surface area contributed by atoms with Crippen molar-refractivity contribution in [1.29, 1.82) is 0 Å². The molecule has 0 aliphatic carbocycles. The Morgan fingerprint density at radius 3 is 2.17 bits per heavy atom. The fourth-order valence-electron chi connectivity index (χ4n) is 1.38. The van der Waals surface area contributed by atoms with Gasteiger partial charge in [-0.05, 0) is 27.7 Å². The van der Waals surface area contributed by atoms with E-state index in [-0.39, 0.29) is 31.3 Å². The quantitative estimate of drug-likeness (QED) is 0.538. The summed E-state index contributed by atoms with van der Waals surface area (Å²) in [6.45, 7) is 8.49. The van der Waals surface area contributed by atoms with E-state index in [1.807, 2.05) is 0 Å². The Morgan fingerprint density at radius 1 is 0.913 bits per heavy atom. The van der Waals surface area contributed by atoms with Crippen LogP contribution in [0.25, 0.3) is 0 Å². The minimum atomic E-state index is -0.558. The van der Waals surface area contributed by atoms with Gasteiger partial charge in [-0.3, -0.25) is 9.59 Å². The molecule has 0 heterocycles. The van der Waals surface area contributed by atoms with Crippen molar-refractivity contribution in [3.05, 3.63) is 0 Å². The van der Waals surface area contributed by atoms with Gasteiger partial charge >= 0.3 is 6.09 Å². The monoisotopic (exact) mass is 332 g/mol. The molecule has 0 saturated carbocycles. The molecule has 0 atom stereocenters. The number of hydrogen-bond acceptors (Lipinski definition) is 6. The van der Waals surface area contributed by atoms with E-state index < -0.39 is 11.7 Å². The van der Waals surface area contributed by atoms with Gasteiger partial charge in [0.05, 0.1) is 19.8 Å². The Kier molecular flexibility index (Phi) is 11.0. The van der Waals surface area contributed by atoms with Crippen LogP contribution in [0.2, 0.25) is 0 Å². The van der Waals surface area contributed by atoms with Crippen molar-refractivity contribution in [3.63, 3.8) is 0 Å². The minimum Gasteiger partial charge on any atom is -0.444 e. The molecule has 134 valence electrons. The Bertz CT molecular complexity index is 379. The van der Waals surface area contributed by atoms with E-state index in [1.54, 1.807) is 20.8 Å². The van der Waals surface area contributed by atoms with Crippen LogP contribution >= 0.6 is 0 Å². The van der Waals surface area contributed by atoms with E-state index in [0.717, 1.165) is 0 Å². The second kappa shape index (κ2) is 11.8. The van der Waals surface area contributed by atoms with E-state index in [9.17, 15) is 14.4 Å². The van der Waals surface area contributed by atoms with E-state index in [4.69, 9.17) is 14.2 Å². The van der Waals surface area contributed by atoms with Crippen LogP contribution in [0, 0.1) is 0 Å². The predicted molar refractivity (Wildman–Crippen MR) is 84.2 cm³/mol. The van der Waals surface area contributed by atoms with Gasteiger partial charge < -0.3 is 24.8 Å². The summed E-state index contributed by atoms with van der Waals surface area (Å²) in [5.41, 5.74) is -0.558. The molecule has 0 rings (SSSR count). The largest absolute Gasteiger partial charge is 0.444 e. The Balaban J connectivity index is 3.44. The van der Waals surface area contributed by atoms with Crippen molar-refractivity contribution < 1.29 is 28.6 Å². The van der Waals surface area contributed by atoms with Crippen molar-refractivity contribution >= 4 is 17.8 Å². The zero-order valence-electron chi connectivity index (χ0n) is 14.4. The van der Waals surface area contributed by atoms with Crippen LogP contribution in [0.5, 0.6) is 0 Å². The van der Waals surface area contributed by atoms with Crippen molar-refractivity contribution in [1.82, 2.24) is 10.6 Å². The average molecular weight is 332 g/mol. The molecule has 8 heteroatoms. The number of hydrogen-bond donors (Lipinski definition) is 2. The van der Waals surface area contributed by atoms with Gasteiger partial charge in [-0.2, -0.15) is 0 Å². The SMILES string of the molecule is CC(=O)COCCOCCNC(=O)CCNC(=O)OC(C)(C)C. The first kappa shape index (κ1) is 21.3. The van der Waals surface area contributed by atoms with Crippen molar-refractivity contribution in [2.24, 2.45) is 0 Å². The lowest BCUT2D eigenvalue weighted by Gasteiger charge is -2.19. The summed E-state index contributed by atoms with van der Waals surface area (Å²) in [5, 5.41) is 5.17. The van der Waals surface area contributed by atoms with E-state index in [1.165, 1.54) is 6.92 Å². The van der Waals surface area contributed by atoms with E-state index >= 15 is 0 Å². The molecule has 0 spiro atoms. The van der Waals surface area contributed by atoms with Gasteiger partial charge in [0.25, 0.3) is 0 Å². The summed E-state index contributed by atoms with van der Waals surface area (Å²) in [5.74, 6) is -0.213. The molecule has 0 bridgehead atoms. The van der Waals surface area contributed by atoms with Gasteiger partial charge in [-0.1, -0.05) is 0 Å². The Hall–Kier alpha value is -1.67. The molecule has 23 heavy (non-hydrogen) atoms. The zero-order valence-corrected chi connectivity index (χ0v) is 14.4. The first-order valence-corrected chi connectivity index (χ1v) is 7.59. The first-order chi connectivity index (χ1) is 10.7. The molecule has 0 radical (unpaired) electrons. The van der Waals surface area contributed by atoms with Crippen molar-refractivity contribution in [3.8, 4) is 0 Å². The molecule has 0 aliphatic heterocycles. The van der Waals surface area contributed by atoms with E-state index in [0.29, 0.717) is 26.4 Å². The van der Waals surface area contributed by atoms with Crippen LogP contribution in [-0.2, 0) is 23.8 Å². The maximum Gasteiger partial charge on any atom is 0.407 e. The molecule has 0 aromatic rings.